The Kier molecular flexibility index (Phi) is 6.75. The van der Waals surface area contributed by atoms with Gasteiger partial charge < -0.3 is 10.6 Å². The van der Waals surface area contributed by atoms with Crippen LogP contribution in [0, 0.1) is 29.9 Å². The molecule has 0 saturated carbocycles. The fraction of sp³-hybridized carbons (Fsp3) is 0.300. The van der Waals surface area contributed by atoms with Gasteiger partial charge in [-0.3, -0.25) is 19.7 Å². The van der Waals surface area contributed by atoms with Gasteiger partial charge >= 0.3 is 0 Å². The molecule has 1 unspecified atom stereocenters. The van der Waals surface area contributed by atoms with E-state index in [2.05, 4.69) is 10.6 Å². The van der Waals surface area contributed by atoms with Gasteiger partial charge in [-0.1, -0.05) is 43.1 Å². The lowest BCUT2D eigenvalue weighted by atomic mass is 10.0. The van der Waals surface area contributed by atoms with Crippen LogP contribution in [-0.4, -0.2) is 22.8 Å². The van der Waals surface area contributed by atoms with E-state index in [0.717, 1.165) is 17.2 Å². The molecule has 0 aliphatic heterocycles. The van der Waals surface area contributed by atoms with Gasteiger partial charge in [0.15, 0.2) is 0 Å². The Morgan fingerprint density at radius 1 is 1.11 bits per heavy atom. The van der Waals surface area contributed by atoms with Crippen LogP contribution in [0.1, 0.15) is 35.3 Å². The van der Waals surface area contributed by atoms with Crippen molar-refractivity contribution in [3.8, 4) is 0 Å². The molecule has 0 radical (unpaired) electrons. The highest BCUT2D eigenvalue weighted by molar-refractivity contribution is 6.32. The Bertz CT molecular complexity index is 928. The number of anilines is 1. The highest BCUT2D eigenvalue weighted by Crippen LogP contribution is 2.25. The van der Waals surface area contributed by atoms with Crippen LogP contribution in [-0.2, 0) is 4.79 Å². The van der Waals surface area contributed by atoms with Crippen LogP contribution < -0.4 is 10.6 Å². The summed E-state index contributed by atoms with van der Waals surface area (Å²) in [5, 5.41) is 16.4. The lowest BCUT2D eigenvalue weighted by Gasteiger charge is -2.22. The van der Waals surface area contributed by atoms with E-state index in [1.807, 2.05) is 32.0 Å². The molecule has 0 fully saturated rings. The van der Waals surface area contributed by atoms with Gasteiger partial charge in [-0.25, -0.2) is 0 Å². The average Bonchev–Trinajstić information content (AvgIpc) is 2.61. The molecule has 0 heterocycles. The highest BCUT2D eigenvalue weighted by atomic mass is 35.5. The summed E-state index contributed by atoms with van der Waals surface area (Å²) < 4.78 is 0. The summed E-state index contributed by atoms with van der Waals surface area (Å²) in [5.74, 6) is -1.15. The fourth-order valence-electron chi connectivity index (χ4n) is 2.72. The maximum absolute atomic E-state index is 12.7. The van der Waals surface area contributed by atoms with E-state index in [-0.39, 0.29) is 28.1 Å². The lowest BCUT2D eigenvalue weighted by Crippen LogP contribution is -2.47. The molecule has 8 heteroatoms. The fourth-order valence-corrected chi connectivity index (χ4v) is 2.90. The number of amides is 2. The number of benzene rings is 2. The largest absolute Gasteiger partial charge is 0.340 e. The Balaban J connectivity index is 2.20. The maximum atomic E-state index is 12.7. The van der Waals surface area contributed by atoms with E-state index in [1.165, 1.54) is 12.1 Å². The van der Waals surface area contributed by atoms with Gasteiger partial charge in [0.1, 0.15) is 11.1 Å². The maximum Gasteiger partial charge on any atom is 0.288 e. The van der Waals surface area contributed by atoms with E-state index in [0.29, 0.717) is 5.69 Å². The third kappa shape index (κ3) is 5.07. The predicted molar refractivity (Wildman–Crippen MR) is 109 cm³/mol. The summed E-state index contributed by atoms with van der Waals surface area (Å²) in [6.45, 7) is 7.45. The number of nitro groups is 1. The molecule has 0 bridgehead atoms. The molecular formula is C20H22ClN3O4. The van der Waals surface area contributed by atoms with Gasteiger partial charge in [0.05, 0.1) is 4.92 Å². The number of carbonyl (C=O) groups excluding carboxylic acids is 2. The molecule has 0 aliphatic rings. The monoisotopic (exact) mass is 403 g/mol. The van der Waals surface area contributed by atoms with Gasteiger partial charge in [-0.2, -0.15) is 0 Å². The summed E-state index contributed by atoms with van der Waals surface area (Å²) in [6.07, 6.45) is 0. The number of carbonyl (C=O) groups is 2. The number of nitro benzene ring substituents is 1. The standard InChI is InChI=1S/C20H22ClN3O4/c1-11(2)18(20(26)22-16-8-5-12(3)9-13(16)4)23-19(25)14-6-7-15(21)17(10-14)24(27)28/h5-11,18H,1-4H3,(H,22,26)(H,23,25). The third-order valence-electron chi connectivity index (χ3n) is 4.28. The van der Waals surface area contributed by atoms with Gasteiger partial charge in [0.2, 0.25) is 5.91 Å². The number of hydrogen-bond donors (Lipinski definition) is 2. The lowest BCUT2D eigenvalue weighted by molar-refractivity contribution is -0.384. The van der Waals surface area contributed by atoms with Crippen LogP contribution in [0.4, 0.5) is 11.4 Å². The molecule has 2 aromatic carbocycles. The average molecular weight is 404 g/mol. The van der Waals surface area contributed by atoms with Crippen molar-refractivity contribution in [2.75, 3.05) is 5.32 Å². The molecule has 0 spiro atoms. The number of nitrogens with zero attached hydrogens (tertiary/aromatic N) is 1. The molecule has 0 saturated heterocycles. The molecular weight excluding hydrogens is 382 g/mol. The first-order valence-electron chi connectivity index (χ1n) is 8.73. The van der Waals surface area contributed by atoms with Gasteiger partial charge in [0.25, 0.3) is 11.6 Å². The first kappa shape index (κ1) is 21.4. The van der Waals surface area contributed by atoms with E-state index < -0.39 is 16.9 Å². The van der Waals surface area contributed by atoms with Crippen LogP contribution in [0.5, 0.6) is 0 Å². The Hall–Kier alpha value is -2.93. The first-order chi connectivity index (χ1) is 13.1. The third-order valence-corrected chi connectivity index (χ3v) is 4.60. The van der Waals surface area contributed by atoms with Crippen LogP contribution in [0.3, 0.4) is 0 Å². The second-order valence-corrected chi connectivity index (χ2v) is 7.33. The van der Waals surface area contributed by atoms with Gasteiger partial charge in [-0.15, -0.1) is 0 Å². The summed E-state index contributed by atoms with van der Waals surface area (Å²) >= 11 is 5.78. The van der Waals surface area contributed by atoms with Gasteiger partial charge in [0, 0.05) is 17.3 Å². The zero-order chi connectivity index (χ0) is 21.0. The number of halogens is 1. The van der Waals surface area contributed by atoms with E-state index in [4.69, 9.17) is 11.6 Å². The number of rotatable bonds is 6. The smallest absolute Gasteiger partial charge is 0.288 e. The molecule has 2 aromatic rings. The molecule has 0 aliphatic carbocycles. The Labute approximate surface area is 168 Å². The van der Waals surface area contributed by atoms with Crippen molar-refractivity contribution in [3.05, 3.63) is 68.2 Å². The zero-order valence-corrected chi connectivity index (χ0v) is 16.8. The van der Waals surface area contributed by atoms with E-state index >= 15 is 0 Å². The van der Waals surface area contributed by atoms with E-state index in [9.17, 15) is 19.7 Å². The molecule has 2 N–H and O–H groups in total. The highest BCUT2D eigenvalue weighted by Gasteiger charge is 2.26. The van der Waals surface area contributed by atoms with Crippen LogP contribution in [0.15, 0.2) is 36.4 Å². The summed E-state index contributed by atoms with van der Waals surface area (Å²) in [4.78, 5) is 35.6. The van der Waals surface area contributed by atoms with Crippen molar-refractivity contribution in [3.63, 3.8) is 0 Å². The van der Waals surface area contributed by atoms with Crippen molar-refractivity contribution in [1.29, 1.82) is 0 Å². The minimum Gasteiger partial charge on any atom is -0.340 e. The van der Waals surface area contributed by atoms with E-state index in [1.54, 1.807) is 13.8 Å². The van der Waals surface area contributed by atoms with Crippen molar-refractivity contribution in [2.45, 2.75) is 33.7 Å². The molecule has 1 atom stereocenters. The second kappa shape index (κ2) is 8.84. The minimum absolute atomic E-state index is 0.0565. The normalized spacial score (nSPS) is 11.8. The Morgan fingerprint density at radius 3 is 2.36 bits per heavy atom. The number of nitrogens with one attached hydrogen (secondary N) is 2. The van der Waals surface area contributed by atoms with Gasteiger partial charge in [-0.05, 0) is 43.5 Å². The predicted octanol–water partition coefficient (Wildman–Crippen LogP) is 4.26. The summed E-state index contributed by atoms with van der Waals surface area (Å²) in [6, 6.07) is 8.59. The van der Waals surface area contributed by atoms with Crippen molar-refractivity contribution in [2.24, 2.45) is 5.92 Å². The minimum atomic E-state index is -0.817. The first-order valence-corrected chi connectivity index (χ1v) is 9.11. The number of aryl methyl sites for hydroxylation is 2. The Morgan fingerprint density at radius 2 is 1.79 bits per heavy atom. The molecule has 2 rings (SSSR count). The summed E-state index contributed by atoms with van der Waals surface area (Å²) in [7, 11) is 0. The molecule has 28 heavy (non-hydrogen) atoms. The van der Waals surface area contributed by atoms with Crippen LogP contribution in [0.25, 0.3) is 0 Å². The summed E-state index contributed by atoms with van der Waals surface area (Å²) in [5.41, 5.74) is 2.35. The number of hydrogen-bond acceptors (Lipinski definition) is 4. The van der Waals surface area contributed by atoms with Crippen molar-refractivity contribution < 1.29 is 14.5 Å². The topological polar surface area (TPSA) is 101 Å². The SMILES string of the molecule is Cc1ccc(NC(=O)C(NC(=O)c2ccc(Cl)c([N+](=O)[O-])c2)C(C)C)c(C)c1. The van der Waals surface area contributed by atoms with Crippen LogP contribution >= 0.6 is 11.6 Å². The molecule has 7 nitrogen and oxygen atoms in total. The molecule has 2 amide bonds. The second-order valence-electron chi connectivity index (χ2n) is 6.93. The zero-order valence-electron chi connectivity index (χ0n) is 16.1. The van der Waals surface area contributed by atoms with Crippen LogP contribution in [0.2, 0.25) is 5.02 Å². The molecule has 148 valence electrons. The van der Waals surface area contributed by atoms with Crippen molar-refractivity contribution in [1.82, 2.24) is 5.32 Å². The quantitative estimate of drug-likeness (QED) is 0.555. The van der Waals surface area contributed by atoms with Crippen molar-refractivity contribution >= 4 is 34.8 Å². The molecule has 0 aromatic heterocycles.